The summed E-state index contributed by atoms with van der Waals surface area (Å²) in [5, 5.41) is 0. The third-order valence-corrected chi connectivity index (χ3v) is 8.61. The zero-order chi connectivity index (χ0) is 20.2. The number of carbonyl (C=O) groups is 2. The number of benzene rings is 1. The maximum atomic E-state index is 13.3. The minimum Gasteiger partial charge on any atom is -0.457 e. The number of esters is 1. The van der Waals surface area contributed by atoms with Gasteiger partial charge in [-0.2, -0.15) is 0 Å². The number of Topliss-reactive ketones (excluding diaryl/α,β-unsaturated/α-hetero) is 1. The van der Waals surface area contributed by atoms with Gasteiger partial charge in [-0.05, 0) is 80.4 Å². The molecule has 1 aromatic heterocycles. The highest BCUT2D eigenvalue weighted by Crippen LogP contribution is 2.66. The van der Waals surface area contributed by atoms with Crippen molar-refractivity contribution in [3.63, 3.8) is 0 Å². The van der Waals surface area contributed by atoms with Crippen LogP contribution in [0.25, 0.3) is 0 Å². The average molecular weight is 429 g/mol. The van der Waals surface area contributed by atoms with Gasteiger partial charge in [-0.3, -0.25) is 9.59 Å². The Balaban J connectivity index is 1.36. The predicted molar refractivity (Wildman–Crippen MR) is 115 cm³/mol. The van der Waals surface area contributed by atoms with Crippen LogP contribution in [0.5, 0.6) is 0 Å². The first-order valence-electron chi connectivity index (χ1n) is 10.4. The van der Waals surface area contributed by atoms with E-state index < -0.39 is 5.41 Å². The van der Waals surface area contributed by atoms with Gasteiger partial charge < -0.3 is 4.74 Å². The molecule has 6 rings (SSSR count). The van der Waals surface area contributed by atoms with E-state index in [9.17, 15) is 9.59 Å². The van der Waals surface area contributed by atoms with Crippen LogP contribution in [0.15, 0.2) is 36.4 Å². The van der Waals surface area contributed by atoms with Crippen molar-refractivity contribution in [1.29, 1.82) is 0 Å². The van der Waals surface area contributed by atoms with Crippen molar-refractivity contribution >= 4 is 34.7 Å². The van der Waals surface area contributed by atoms with Gasteiger partial charge in [-0.15, -0.1) is 11.3 Å². The van der Waals surface area contributed by atoms with Gasteiger partial charge in [0.15, 0.2) is 6.61 Å². The van der Waals surface area contributed by atoms with Crippen LogP contribution in [0.4, 0.5) is 0 Å². The fraction of sp³-hybridized carbons (Fsp3) is 0.500. The van der Waals surface area contributed by atoms with E-state index in [-0.39, 0.29) is 23.8 Å². The van der Waals surface area contributed by atoms with Gasteiger partial charge in [0.25, 0.3) is 0 Å². The quantitative estimate of drug-likeness (QED) is 0.435. The summed E-state index contributed by atoms with van der Waals surface area (Å²) in [6.07, 6.45) is 6.26. The van der Waals surface area contributed by atoms with Crippen LogP contribution in [0.2, 0.25) is 4.34 Å². The summed E-state index contributed by atoms with van der Waals surface area (Å²) in [5.41, 5.74) is 2.29. The third-order valence-electron chi connectivity index (χ3n) is 7.34. The first-order chi connectivity index (χ1) is 13.9. The Morgan fingerprint density at radius 3 is 2.38 bits per heavy atom. The van der Waals surface area contributed by atoms with E-state index in [4.69, 9.17) is 16.3 Å². The average Bonchev–Trinajstić information content (AvgIpc) is 3.11. The molecule has 2 aromatic rings. The molecule has 1 aromatic carbocycles. The molecule has 2 atom stereocenters. The zero-order valence-corrected chi connectivity index (χ0v) is 18.2. The summed E-state index contributed by atoms with van der Waals surface area (Å²) in [6, 6.07) is 12.3. The van der Waals surface area contributed by atoms with Crippen molar-refractivity contribution in [3.05, 3.63) is 56.7 Å². The van der Waals surface area contributed by atoms with Gasteiger partial charge in [-0.25, -0.2) is 0 Å². The van der Waals surface area contributed by atoms with Gasteiger partial charge in [-0.1, -0.05) is 41.4 Å². The summed E-state index contributed by atoms with van der Waals surface area (Å²) in [6.45, 7) is 1.92. The summed E-state index contributed by atoms with van der Waals surface area (Å²) in [7, 11) is 0. The van der Waals surface area contributed by atoms with Gasteiger partial charge in [0.1, 0.15) is 0 Å². The Hall–Kier alpha value is -1.65. The number of ether oxygens (including phenoxy) is 1. The van der Waals surface area contributed by atoms with Crippen molar-refractivity contribution in [2.24, 2.45) is 17.3 Å². The fourth-order valence-electron chi connectivity index (χ4n) is 6.57. The maximum absolute atomic E-state index is 13.3. The van der Waals surface area contributed by atoms with Crippen LogP contribution >= 0.6 is 22.9 Å². The first-order valence-corrected chi connectivity index (χ1v) is 11.6. The SMILES string of the molecule is Cc1ccc(C23C[C@H]4C[C@@H](CC(C(=O)OCC(=O)c5ccc(Cl)s5)(C4)C2)C3)cc1. The number of rotatable bonds is 5. The van der Waals surface area contributed by atoms with Gasteiger partial charge >= 0.3 is 5.97 Å². The Bertz CT molecular complexity index is 947. The highest BCUT2D eigenvalue weighted by Gasteiger charge is 2.61. The number of carbonyl (C=O) groups excluding carboxylic acids is 2. The second-order valence-corrected chi connectivity index (χ2v) is 11.2. The highest BCUT2D eigenvalue weighted by atomic mass is 35.5. The second-order valence-electron chi connectivity index (χ2n) is 9.49. The molecule has 29 heavy (non-hydrogen) atoms. The third kappa shape index (κ3) is 3.34. The number of thiophene rings is 1. The smallest absolute Gasteiger partial charge is 0.312 e. The van der Waals surface area contributed by atoms with E-state index in [0.29, 0.717) is 21.0 Å². The fourth-order valence-corrected chi connectivity index (χ4v) is 7.53. The molecular formula is C24H25ClO3S. The molecule has 0 N–H and O–H groups in total. The number of ketones is 1. The van der Waals surface area contributed by atoms with E-state index in [0.717, 1.165) is 19.3 Å². The van der Waals surface area contributed by atoms with Crippen LogP contribution in [0.1, 0.15) is 59.3 Å². The molecule has 0 saturated heterocycles. The second kappa shape index (κ2) is 6.95. The molecule has 0 aliphatic heterocycles. The summed E-state index contributed by atoms with van der Waals surface area (Å²) in [4.78, 5) is 26.2. The van der Waals surface area contributed by atoms with Gasteiger partial charge in [0.2, 0.25) is 5.78 Å². The topological polar surface area (TPSA) is 43.4 Å². The summed E-state index contributed by atoms with van der Waals surface area (Å²) in [5.74, 6) is 0.820. The van der Waals surface area contributed by atoms with E-state index in [1.807, 2.05) is 0 Å². The number of hydrogen-bond acceptors (Lipinski definition) is 4. The lowest BCUT2D eigenvalue weighted by atomic mass is 9.43. The zero-order valence-electron chi connectivity index (χ0n) is 16.6. The molecule has 4 aliphatic carbocycles. The lowest BCUT2D eigenvalue weighted by molar-refractivity contribution is -0.172. The molecule has 4 fully saturated rings. The lowest BCUT2D eigenvalue weighted by Crippen LogP contribution is -2.57. The molecule has 152 valence electrons. The molecular weight excluding hydrogens is 404 g/mol. The van der Waals surface area contributed by atoms with Crippen molar-refractivity contribution in [1.82, 2.24) is 0 Å². The Labute approximate surface area is 180 Å². The number of hydrogen-bond donors (Lipinski definition) is 0. The maximum Gasteiger partial charge on any atom is 0.312 e. The number of aryl methyl sites for hydroxylation is 1. The van der Waals surface area contributed by atoms with Crippen LogP contribution in [0.3, 0.4) is 0 Å². The Morgan fingerprint density at radius 1 is 1.07 bits per heavy atom. The molecule has 0 amide bonds. The molecule has 3 nitrogen and oxygen atoms in total. The van der Waals surface area contributed by atoms with Crippen LogP contribution in [-0.4, -0.2) is 18.4 Å². The summed E-state index contributed by atoms with van der Waals surface area (Å²) < 4.78 is 6.20. The molecule has 0 spiro atoms. The van der Waals surface area contributed by atoms with Crippen molar-refractivity contribution in [2.75, 3.05) is 6.61 Å². The predicted octanol–water partition coefficient (Wildman–Crippen LogP) is 5.97. The molecule has 4 aliphatic rings. The highest BCUT2D eigenvalue weighted by molar-refractivity contribution is 7.18. The molecule has 0 unspecified atom stereocenters. The van der Waals surface area contributed by atoms with E-state index >= 15 is 0 Å². The molecule has 4 bridgehead atoms. The van der Waals surface area contributed by atoms with Crippen molar-refractivity contribution < 1.29 is 14.3 Å². The van der Waals surface area contributed by atoms with E-state index in [2.05, 4.69) is 31.2 Å². The van der Waals surface area contributed by atoms with E-state index in [1.54, 1.807) is 12.1 Å². The van der Waals surface area contributed by atoms with Gasteiger partial charge in [0.05, 0.1) is 14.6 Å². The number of halogens is 1. The van der Waals surface area contributed by atoms with Crippen LogP contribution < -0.4 is 0 Å². The van der Waals surface area contributed by atoms with Crippen molar-refractivity contribution in [3.8, 4) is 0 Å². The van der Waals surface area contributed by atoms with Gasteiger partial charge in [0, 0.05) is 0 Å². The molecule has 5 heteroatoms. The Kier molecular flexibility index (Phi) is 4.63. The van der Waals surface area contributed by atoms with E-state index in [1.165, 1.54) is 41.7 Å². The van der Waals surface area contributed by atoms with Crippen LogP contribution in [0, 0.1) is 24.2 Å². The molecule has 0 radical (unpaired) electrons. The normalized spacial score (nSPS) is 32.3. The lowest BCUT2D eigenvalue weighted by Gasteiger charge is -2.61. The minimum absolute atomic E-state index is 0.0854. The molecule has 1 heterocycles. The monoisotopic (exact) mass is 428 g/mol. The standard InChI is InChI=1S/C24H25ClO3S/c1-15-2-4-18(5-3-15)23-9-16-8-17(10-23)12-24(11-16,14-23)22(27)28-13-19(26)20-6-7-21(25)29-20/h2-7,16-17H,8-14H2,1H3/t16-,17-,23?,24?/m1/s1. The summed E-state index contributed by atoms with van der Waals surface area (Å²) >= 11 is 7.15. The minimum atomic E-state index is -0.428. The molecule has 4 saturated carbocycles. The largest absolute Gasteiger partial charge is 0.457 e. The first kappa shape index (κ1) is 19.3. The van der Waals surface area contributed by atoms with Crippen molar-refractivity contribution in [2.45, 2.75) is 50.9 Å². The van der Waals surface area contributed by atoms with Crippen LogP contribution in [-0.2, 0) is 14.9 Å². The Morgan fingerprint density at radius 2 is 1.76 bits per heavy atom.